The lowest BCUT2D eigenvalue weighted by Crippen LogP contribution is -1.98. The van der Waals surface area contributed by atoms with Crippen molar-refractivity contribution < 1.29 is 14.6 Å². The predicted molar refractivity (Wildman–Crippen MR) is 62.9 cm³/mol. The van der Waals surface area contributed by atoms with E-state index in [0.717, 1.165) is 17.7 Å². The average Bonchev–Trinajstić information content (AvgIpc) is 2.21. The number of benzene rings is 1. The van der Waals surface area contributed by atoms with Gasteiger partial charge in [-0.15, -0.1) is 0 Å². The van der Waals surface area contributed by atoms with E-state index >= 15 is 0 Å². The van der Waals surface area contributed by atoms with Crippen LogP contribution in [0.3, 0.4) is 0 Å². The molecule has 0 amide bonds. The standard InChI is InChI=1S/C13H18O3/c1-3-16-12-8-7-11(10(2)9-12)5-4-6-13(14)15/h7-9H,3-6H2,1-2H3,(H,14,15). The van der Waals surface area contributed by atoms with Crippen molar-refractivity contribution in [2.45, 2.75) is 33.1 Å². The van der Waals surface area contributed by atoms with Crippen molar-refractivity contribution >= 4 is 5.97 Å². The van der Waals surface area contributed by atoms with Crippen LogP contribution in [0.2, 0.25) is 0 Å². The predicted octanol–water partition coefficient (Wildman–Crippen LogP) is 2.80. The zero-order valence-corrected chi connectivity index (χ0v) is 9.82. The highest BCUT2D eigenvalue weighted by atomic mass is 16.5. The van der Waals surface area contributed by atoms with Crippen LogP contribution in [0.1, 0.15) is 30.9 Å². The van der Waals surface area contributed by atoms with Gasteiger partial charge in [0.25, 0.3) is 0 Å². The molecule has 1 aromatic rings. The Morgan fingerprint density at radius 2 is 2.19 bits per heavy atom. The Morgan fingerprint density at radius 1 is 1.44 bits per heavy atom. The van der Waals surface area contributed by atoms with E-state index in [4.69, 9.17) is 9.84 Å². The van der Waals surface area contributed by atoms with Crippen LogP contribution in [-0.4, -0.2) is 17.7 Å². The third-order valence-corrected chi connectivity index (χ3v) is 2.46. The molecule has 0 bridgehead atoms. The largest absolute Gasteiger partial charge is 0.494 e. The van der Waals surface area contributed by atoms with Crippen molar-refractivity contribution in [2.24, 2.45) is 0 Å². The van der Waals surface area contributed by atoms with Gasteiger partial charge in [-0.05, 0) is 49.9 Å². The molecular formula is C13H18O3. The van der Waals surface area contributed by atoms with E-state index in [1.54, 1.807) is 0 Å². The monoisotopic (exact) mass is 222 g/mol. The van der Waals surface area contributed by atoms with Gasteiger partial charge in [0.05, 0.1) is 6.61 Å². The lowest BCUT2D eigenvalue weighted by Gasteiger charge is -2.08. The molecule has 0 fully saturated rings. The summed E-state index contributed by atoms with van der Waals surface area (Å²) in [7, 11) is 0. The summed E-state index contributed by atoms with van der Waals surface area (Å²) >= 11 is 0. The van der Waals surface area contributed by atoms with Crippen LogP contribution in [0, 0.1) is 6.92 Å². The topological polar surface area (TPSA) is 46.5 Å². The Hall–Kier alpha value is -1.51. The summed E-state index contributed by atoms with van der Waals surface area (Å²) in [6, 6.07) is 5.95. The Balaban J connectivity index is 2.57. The van der Waals surface area contributed by atoms with Crippen molar-refractivity contribution in [3.8, 4) is 5.75 Å². The number of aliphatic carboxylic acids is 1. The second kappa shape index (κ2) is 6.16. The highest BCUT2D eigenvalue weighted by Gasteiger charge is 2.02. The van der Waals surface area contributed by atoms with E-state index in [0.29, 0.717) is 13.0 Å². The molecule has 0 saturated carbocycles. The van der Waals surface area contributed by atoms with Gasteiger partial charge in [0.2, 0.25) is 0 Å². The molecule has 0 aromatic heterocycles. The Bertz CT molecular complexity index is 358. The van der Waals surface area contributed by atoms with Gasteiger partial charge in [-0.2, -0.15) is 0 Å². The number of ether oxygens (including phenoxy) is 1. The molecule has 0 spiro atoms. The molecule has 1 rings (SSSR count). The van der Waals surface area contributed by atoms with Gasteiger partial charge in [0, 0.05) is 6.42 Å². The minimum absolute atomic E-state index is 0.229. The number of carboxylic acid groups (broad SMARTS) is 1. The Morgan fingerprint density at radius 3 is 2.75 bits per heavy atom. The number of rotatable bonds is 6. The van der Waals surface area contributed by atoms with Gasteiger partial charge in [-0.3, -0.25) is 4.79 Å². The highest BCUT2D eigenvalue weighted by molar-refractivity contribution is 5.66. The average molecular weight is 222 g/mol. The van der Waals surface area contributed by atoms with Gasteiger partial charge in [-0.1, -0.05) is 6.07 Å². The van der Waals surface area contributed by atoms with E-state index in [9.17, 15) is 4.79 Å². The van der Waals surface area contributed by atoms with Crippen LogP contribution in [0.25, 0.3) is 0 Å². The number of aryl methyl sites for hydroxylation is 2. The van der Waals surface area contributed by atoms with Gasteiger partial charge in [0.1, 0.15) is 5.75 Å². The Kier molecular flexibility index (Phi) is 4.83. The zero-order valence-electron chi connectivity index (χ0n) is 9.82. The molecule has 0 aliphatic rings. The van der Waals surface area contributed by atoms with Crippen molar-refractivity contribution in [3.05, 3.63) is 29.3 Å². The summed E-state index contributed by atoms with van der Waals surface area (Å²) in [5, 5.41) is 8.55. The number of carboxylic acids is 1. The highest BCUT2D eigenvalue weighted by Crippen LogP contribution is 2.18. The molecule has 3 heteroatoms. The fourth-order valence-electron chi connectivity index (χ4n) is 1.64. The molecule has 16 heavy (non-hydrogen) atoms. The molecule has 0 heterocycles. The summed E-state index contributed by atoms with van der Waals surface area (Å²) in [5.74, 6) is 0.144. The molecule has 0 unspecified atom stereocenters. The van der Waals surface area contributed by atoms with Crippen LogP contribution in [0.15, 0.2) is 18.2 Å². The van der Waals surface area contributed by atoms with Crippen LogP contribution < -0.4 is 4.74 Å². The van der Waals surface area contributed by atoms with Gasteiger partial charge >= 0.3 is 5.97 Å². The molecule has 1 aromatic carbocycles. The molecule has 3 nitrogen and oxygen atoms in total. The first-order valence-corrected chi connectivity index (χ1v) is 5.57. The number of hydrogen-bond acceptors (Lipinski definition) is 2. The van der Waals surface area contributed by atoms with Gasteiger partial charge in [0.15, 0.2) is 0 Å². The fraction of sp³-hybridized carbons (Fsp3) is 0.462. The second-order valence-corrected chi connectivity index (χ2v) is 3.77. The van der Waals surface area contributed by atoms with Crippen LogP contribution in [-0.2, 0) is 11.2 Å². The second-order valence-electron chi connectivity index (χ2n) is 3.77. The third-order valence-electron chi connectivity index (χ3n) is 2.46. The maximum absolute atomic E-state index is 10.4. The SMILES string of the molecule is CCOc1ccc(CCCC(=O)O)c(C)c1. The molecule has 0 aliphatic heterocycles. The third kappa shape index (κ3) is 3.93. The summed E-state index contributed by atoms with van der Waals surface area (Å²) in [6.45, 7) is 4.65. The minimum atomic E-state index is -0.733. The molecule has 0 atom stereocenters. The normalized spacial score (nSPS) is 10.1. The van der Waals surface area contributed by atoms with Crippen molar-refractivity contribution in [1.82, 2.24) is 0 Å². The van der Waals surface area contributed by atoms with E-state index in [1.807, 2.05) is 32.0 Å². The molecule has 1 N–H and O–H groups in total. The smallest absolute Gasteiger partial charge is 0.303 e. The van der Waals surface area contributed by atoms with Crippen LogP contribution in [0.5, 0.6) is 5.75 Å². The maximum atomic E-state index is 10.4. The lowest BCUT2D eigenvalue weighted by atomic mass is 10.0. The van der Waals surface area contributed by atoms with Gasteiger partial charge < -0.3 is 9.84 Å². The van der Waals surface area contributed by atoms with Crippen LogP contribution >= 0.6 is 0 Å². The summed E-state index contributed by atoms with van der Waals surface area (Å²) < 4.78 is 5.39. The summed E-state index contributed by atoms with van der Waals surface area (Å²) in [5.41, 5.74) is 2.36. The van der Waals surface area contributed by atoms with Crippen molar-refractivity contribution in [2.75, 3.05) is 6.61 Å². The van der Waals surface area contributed by atoms with Crippen molar-refractivity contribution in [3.63, 3.8) is 0 Å². The number of carbonyl (C=O) groups is 1. The van der Waals surface area contributed by atoms with E-state index in [-0.39, 0.29) is 6.42 Å². The van der Waals surface area contributed by atoms with Crippen LogP contribution in [0.4, 0.5) is 0 Å². The minimum Gasteiger partial charge on any atom is -0.494 e. The zero-order chi connectivity index (χ0) is 12.0. The molecular weight excluding hydrogens is 204 g/mol. The lowest BCUT2D eigenvalue weighted by molar-refractivity contribution is -0.137. The van der Waals surface area contributed by atoms with Gasteiger partial charge in [-0.25, -0.2) is 0 Å². The fourth-order valence-corrected chi connectivity index (χ4v) is 1.64. The first-order chi connectivity index (χ1) is 7.63. The first kappa shape index (κ1) is 12.6. The summed E-state index contributed by atoms with van der Waals surface area (Å²) in [4.78, 5) is 10.4. The van der Waals surface area contributed by atoms with Crippen molar-refractivity contribution in [1.29, 1.82) is 0 Å². The molecule has 0 radical (unpaired) electrons. The summed E-state index contributed by atoms with van der Waals surface area (Å²) in [6.07, 6.45) is 1.72. The van der Waals surface area contributed by atoms with E-state index in [2.05, 4.69) is 0 Å². The Labute approximate surface area is 96.1 Å². The molecule has 88 valence electrons. The quantitative estimate of drug-likeness (QED) is 0.805. The maximum Gasteiger partial charge on any atom is 0.303 e. The van der Waals surface area contributed by atoms with E-state index < -0.39 is 5.97 Å². The first-order valence-electron chi connectivity index (χ1n) is 5.57. The number of hydrogen-bond donors (Lipinski definition) is 1. The van der Waals surface area contributed by atoms with E-state index in [1.165, 1.54) is 5.56 Å². The molecule has 0 aliphatic carbocycles. The molecule has 0 saturated heterocycles.